The smallest absolute Gasteiger partial charge is 0.383 e. The molecule has 1 atom stereocenters. The predicted molar refractivity (Wildman–Crippen MR) is 52.1 cm³/mol. The maximum atomic E-state index is 12.2. The van der Waals surface area contributed by atoms with Gasteiger partial charge in [-0.2, -0.15) is 13.2 Å². The molecular formula is C8H11F3N2OS. The van der Waals surface area contributed by atoms with Gasteiger partial charge in [-0.3, -0.25) is 0 Å². The van der Waals surface area contributed by atoms with Gasteiger partial charge in [0.15, 0.2) is 5.13 Å². The van der Waals surface area contributed by atoms with Crippen LogP contribution in [0.3, 0.4) is 0 Å². The van der Waals surface area contributed by atoms with E-state index in [9.17, 15) is 13.2 Å². The first kappa shape index (κ1) is 12.3. The Bertz CT molecular complexity index is 313. The highest BCUT2D eigenvalue weighted by Crippen LogP contribution is 2.35. The molecule has 0 radical (unpaired) electrons. The molecule has 1 heterocycles. The molecule has 0 aliphatic rings. The molecule has 15 heavy (non-hydrogen) atoms. The van der Waals surface area contributed by atoms with Gasteiger partial charge < -0.3 is 10.1 Å². The zero-order chi connectivity index (χ0) is 11.5. The van der Waals surface area contributed by atoms with Crippen LogP contribution in [0.15, 0.2) is 6.20 Å². The molecule has 1 unspecified atom stereocenters. The van der Waals surface area contributed by atoms with Gasteiger partial charge in [-0.25, -0.2) is 4.98 Å². The van der Waals surface area contributed by atoms with Crippen LogP contribution >= 0.6 is 11.3 Å². The van der Waals surface area contributed by atoms with E-state index < -0.39 is 11.1 Å². The topological polar surface area (TPSA) is 34.1 Å². The lowest BCUT2D eigenvalue weighted by molar-refractivity contribution is -0.134. The van der Waals surface area contributed by atoms with Gasteiger partial charge in [0.25, 0.3) is 0 Å². The highest BCUT2D eigenvalue weighted by atomic mass is 32.1. The Kier molecular flexibility index (Phi) is 3.92. The third-order valence-electron chi connectivity index (χ3n) is 1.57. The normalized spacial score (nSPS) is 13.9. The van der Waals surface area contributed by atoms with Crippen LogP contribution in [-0.4, -0.2) is 24.7 Å². The van der Waals surface area contributed by atoms with E-state index in [1.807, 2.05) is 0 Å². The van der Waals surface area contributed by atoms with E-state index in [4.69, 9.17) is 4.74 Å². The summed E-state index contributed by atoms with van der Waals surface area (Å²) in [4.78, 5) is 2.94. The first-order valence-electron chi connectivity index (χ1n) is 4.22. The summed E-state index contributed by atoms with van der Waals surface area (Å²) in [5.41, 5.74) is 0. The number of thiazole rings is 1. The number of alkyl halides is 3. The number of nitrogens with one attached hydrogen (secondary N) is 1. The Hall–Kier alpha value is -0.820. The molecule has 0 aliphatic heterocycles. The predicted octanol–water partition coefficient (Wildman–Crippen LogP) is 2.61. The number of aromatic nitrogens is 1. The summed E-state index contributed by atoms with van der Waals surface area (Å²) in [6.45, 7) is 2.22. The molecule has 0 spiro atoms. The van der Waals surface area contributed by atoms with Crippen molar-refractivity contribution in [2.75, 3.05) is 19.0 Å². The van der Waals surface area contributed by atoms with Crippen molar-refractivity contribution in [2.24, 2.45) is 0 Å². The Morgan fingerprint density at radius 2 is 2.27 bits per heavy atom. The molecule has 3 nitrogen and oxygen atoms in total. The maximum absolute atomic E-state index is 12.2. The van der Waals surface area contributed by atoms with E-state index >= 15 is 0 Å². The van der Waals surface area contributed by atoms with Crippen molar-refractivity contribution in [3.63, 3.8) is 0 Å². The summed E-state index contributed by atoms with van der Waals surface area (Å²) in [5, 5.41) is 3.07. The van der Waals surface area contributed by atoms with Gasteiger partial charge in [0.1, 0.15) is 4.88 Å². The third kappa shape index (κ3) is 3.67. The number of hydrogen-bond donors (Lipinski definition) is 1. The molecule has 86 valence electrons. The van der Waals surface area contributed by atoms with E-state index in [0.717, 1.165) is 6.20 Å². The zero-order valence-corrected chi connectivity index (χ0v) is 9.08. The van der Waals surface area contributed by atoms with Crippen molar-refractivity contribution in [1.82, 2.24) is 4.98 Å². The van der Waals surface area contributed by atoms with E-state index in [2.05, 4.69) is 10.3 Å². The minimum atomic E-state index is -4.32. The first-order valence-corrected chi connectivity index (χ1v) is 5.03. The fourth-order valence-electron chi connectivity index (χ4n) is 0.974. The lowest BCUT2D eigenvalue weighted by Crippen LogP contribution is -2.20. The quantitative estimate of drug-likeness (QED) is 0.878. The van der Waals surface area contributed by atoms with Gasteiger partial charge in [-0.05, 0) is 6.92 Å². The molecule has 7 heteroatoms. The van der Waals surface area contributed by atoms with Crippen LogP contribution in [0.1, 0.15) is 11.8 Å². The average molecular weight is 240 g/mol. The lowest BCUT2D eigenvalue weighted by atomic mass is 10.4. The van der Waals surface area contributed by atoms with Crippen molar-refractivity contribution >= 4 is 16.5 Å². The second-order valence-electron chi connectivity index (χ2n) is 3.03. The molecule has 0 amide bonds. The summed E-state index contributed by atoms with van der Waals surface area (Å²) in [7, 11) is 1.53. The highest BCUT2D eigenvalue weighted by Gasteiger charge is 2.33. The summed E-state index contributed by atoms with van der Waals surface area (Å²) in [5.74, 6) is 0. The number of halogens is 3. The van der Waals surface area contributed by atoms with Crippen molar-refractivity contribution in [1.29, 1.82) is 0 Å². The van der Waals surface area contributed by atoms with Gasteiger partial charge in [0.05, 0.1) is 12.8 Å². The van der Waals surface area contributed by atoms with Crippen LogP contribution in [0.25, 0.3) is 0 Å². The molecule has 1 N–H and O–H groups in total. The van der Waals surface area contributed by atoms with E-state index in [-0.39, 0.29) is 11.2 Å². The van der Waals surface area contributed by atoms with Crippen LogP contribution in [0.2, 0.25) is 0 Å². The standard InChI is InChI=1S/C8H11F3N2OS/c1-5(4-14-2)13-7-12-3-6(15-7)8(9,10)11/h3,5H,4H2,1-2H3,(H,12,13). The minimum Gasteiger partial charge on any atom is -0.383 e. The molecule has 0 aliphatic carbocycles. The minimum absolute atomic E-state index is 0.0674. The molecule has 0 bridgehead atoms. The SMILES string of the molecule is COCC(C)Nc1ncc(C(F)(F)F)s1. The number of ether oxygens (including phenoxy) is 1. The largest absolute Gasteiger partial charge is 0.427 e. The summed E-state index contributed by atoms with van der Waals surface area (Å²) in [6, 6.07) is -0.0674. The van der Waals surface area contributed by atoms with Gasteiger partial charge in [0.2, 0.25) is 0 Å². The number of nitrogens with zero attached hydrogens (tertiary/aromatic N) is 1. The molecule has 0 saturated carbocycles. The zero-order valence-electron chi connectivity index (χ0n) is 8.26. The summed E-state index contributed by atoms with van der Waals surface area (Å²) >= 11 is 0.591. The van der Waals surface area contributed by atoms with Crippen LogP contribution < -0.4 is 5.32 Å². The second kappa shape index (κ2) is 4.80. The number of rotatable bonds is 4. The average Bonchev–Trinajstić information content (AvgIpc) is 2.52. The fraction of sp³-hybridized carbons (Fsp3) is 0.625. The Morgan fingerprint density at radius 1 is 1.60 bits per heavy atom. The molecule has 1 aromatic heterocycles. The number of hydrogen-bond acceptors (Lipinski definition) is 4. The monoisotopic (exact) mass is 240 g/mol. The third-order valence-corrected chi connectivity index (χ3v) is 2.55. The lowest BCUT2D eigenvalue weighted by Gasteiger charge is -2.10. The van der Waals surface area contributed by atoms with Crippen LogP contribution in [0.4, 0.5) is 18.3 Å². The molecule has 0 fully saturated rings. The highest BCUT2D eigenvalue weighted by molar-refractivity contribution is 7.15. The maximum Gasteiger partial charge on any atom is 0.427 e. The van der Waals surface area contributed by atoms with Crippen LogP contribution in [-0.2, 0) is 10.9 Å². The summed E-state index contributed by atoms with van der Waals surface area (Å²) < 4.78 is 41.5. The second-order valence-corrected chi connectivity index (χ2v) is 4.06. The first-order chi connectivity index (χ1) is 6.93. The van der Waals surface area contributed by atoms with E-state index in [0.29, 0.717) is 17.9 Å². The molecule has 0 saturated heterocycles. The van der Waals surface area contributed by atoms with Crippen LogP contribution in [0.5, 0.6) is 0 Å². The molecule has 1 rings (SSSR count). The molecule has 0 aromatic carbocycles. The van der Waals surface area contributed by atoms with Crippen molar-refractivity contribution in [2.45, 2.75) is 19.1 Å². The van der Waals surface area contributed by atoms with Gasteiger partial charge in [-0.1, -0.05) is 11.3 Å². The van der Waals surface area contributed by atoms with Gasteiger partial charge in [0, 0.05) is 13.2 Å². The van der Waals surface area contributed by atoms with Crippen molar-refractivity contribution in [3.05, 3.63) is 11.1 Å². The van der Waals surface area contributed by atoms with Crippen LogP contribution in [0, 0.1) is 0 Å². The van der Waals surface area contributed by atoms with E-state index in [1.165, 1.54) is 7.11 Å². The summed E-state index contributed by atoms with van der Waals surface area (Å²) in [6.07, 6.45) is -3.49. The van der Waals surface area contributed by atoms with Gasteiger partial charge in [-0.15, -0.1) is 0 Å². The molecule has 1 aromatic rings. The van der Waals surface area contributed by atoms with Gasteiger partial charge >= 0.3 is 6.18 Å². The Balaban J connectivity index is 2.61. The Labute approximate surface area is 89.3 Å². The Morgan fingerprint density at radius 3 is 2.73 bits per heavy atom. The number of anilines is 1. The van der Waals surface area contributed by atoms with E-state index in [1.54, 1.807) is 6.92 Å². The fourth-order valence-corrected chi connectivity index (χ4v) is 1.77. The molecular weight excluding hydrogens is 229 g/mol. The van der Waals surface area contributed by atoms with Crippen molar-refractivity contribution < 1.29 is 17.9 Å². The van der Waals surface area contributed by atoms with Crippen molar-refractivity contribution in [3.8, 4) is 0 Å². The number of methoxy groups -OCH3 is 1.